The van der Waals surface area contributed by atoms with Crippen LogP contribution in [0.4, 0.5) is 0 Å². The Hall–Kier alpha value is -1.14. The lowest BCUT2D eigenvalue weighted by Gasteiger charge is -2.35. The van der Waals surface area contributed by atoms with E-state index >= 15 is 0 Å². The maximum absolute atomic E-state index is 5.88. The van der Waals surface area contributed by atoms with Crippen LogP contribution in [0.15, 0.2) is 24.3 Å². The molecule has 2 atom stereocenters. The van der Waals surface area contributed by atoms with Gasteiger partial charge in [0.15, 0.2) is 0 Å². The first-order valence-corrected chi connectivity index (χ1v) is 7.13. The van der Waals surface area contributed by atoms with Crippen LogP contribution in [0.25, 0.3) is 0 Å². The van der Waals surface area contributed by atoms with Gasteiger partial charge in [0.05, 0.1) is 24.9 Å². The molecule has 1 heterocycles. The molecule has 5 heteroatoms. The van der Waals surface area contributed by atoms with Crippen LogP contribution in [0.2, 0.25) is 0 Å². The van der Waals surface area contributed by atoms with Gasteiger partial charge in [0, 0.05) is 18.7 Å². The van der Waals surface area contributed by atoms with Gasteiger partial charge in [-0.1, -0.05) is 18.2 Å². The third kappa shape index (κ3) is 3.70. The van der Waals surface area contributed by atoms with Crippen LogP contribution in [0.5, 0.6) is 5.75 Å². The molecular formula is C15H25N3O2. The van der Waals surface area contributed by atoms with E-state index in [-0.39, 0.29) is 18.2 Å². The minimum Gasteiger partial charge on any atom is -0.491 e. The number of nitrogens with zero attached hydrogens (tertiary/aromatic N) is 1. The van der Waals surface area contributed by atoms with Crippen LogP contribution >= 0.6 is 0 Å². The van der Waals surface area contributed by atoms with Gasteiger partial charge in [-0.2, -0.15) is 0 Å². The lowest BCUT2D eigenvalue weighted by Crippen LogP contribution is -2.48. The number of nitrogens with one attached hydrogen (secondary N) is 1. The van der Waals surface area contributed by atoms with E-state index in [1.54, 1.807) is 0 Å². The molecule has 1 aliphatic rings. The van der Waals surface area contributed by atoms with Gasteiger partial charge in [-0.05, 0) is 27.0 Å². The number of para-hydroxylation sites is 1. The summed E-state index contributed by atoms with van der Waals surface area (Å²) in [6, 6.07) is 7.92. The van der Waals surface area contributed by atoms with E-state index in [0.29, 0.717) is 0 Å². The van der Waals surface area contributed by atoms with Gasteiger partial charge in [0.2, 0.25) is 0 Å². The Balaban J connectivity index is 2.22. The highest BCUT2D eigenvalue weighted by atomic mass is 16.5. The highest BCUT2D eigenvalue weighted by molar-refractivity contribution is 5.37. The molecule has 2 unspecified atom stereocenters. The van der Waals surface area contributed by atoms with Gasteiger partial charge in [-0.25, -0.2) is 0 Å². The van der Waals surface area contributed by atoms with Crippen molar-refractivity contribution >= 4 is 0 Å². The first-order chi connectivity index (χ1) is 9.61. The third-order valence-corrected chi connectivity index (χ3v) is 3.46. The van der Waals surface area contributed by atoms with Crippen molar-refractivity contribution < 1.29 is 9.47 Å². The average Bonchev–Trinajstić information content (AvgIpc) is 2.41. The molecule has 1 saturated heterocycles. The van der Waals surface area contributed by atoms with Gasteiger partial charge < -0.3 is 14.4 Å². The highest BCUT2D eigenvalue weighted by Crippen LogP contribution is 2.30. The molecule has 20 heavy (non-hydrogen) atoms. The Morgan fingerprint density at radius 3 is 2.80 bits per heavy atom. The normalized spacial score (nSPS) is 21.9. The van der Waals surface area contributed by atoms with E-state index in [9.17, 15) is 0 Å². The summed E-state index contributed by atoms with van der Waals surface area (Å²) in [6.07, 6.45) is 0.153. The summed E-state index contributed by atoms with van der Waals surface area (Å²) in [7, 11) is 2.10. The summed E-state index contributed by atoms with van der Waals surface area (Å²) < 4.78 is 11.8. The van der Waals surface area contributed by atoms with E-state index < -0.39 is 0 Å². The molecule has 0 bridgehead atoms. The Morgan fingerprint density at radius 2 is 2.15 bits per heavy atom. The number of hydrogen-bond donors (Lipinski definition) is 2. The maximum Gasteiger partial charge on any atom is 0.124 e. The summed E-state index contributed by atoms with van der Waals surface area (Å²) in [5.41, 5.74) is 3.94. The van der Waals surface area contributed by atoms with Gasteiger partial charge in [0.25, 0.3) is 0 Å². The van der Waals surface area contributed by atoms with Gasteiger partial charge >= 0.3 is 0 Å². The predicted molar refractivity (Wildman–Crippen MR) is 79.5 cm³/mol. The number of morpholine rings is 1. The van der Waals surface area contributed by atoms with Crippen LogP contribution in [-0.4, -0.2) is 43.9 Å². The fraction of sp³-hybridized carbons (Fsp3) is 0.600. The van der Waals surface area contributed by atoms with E-state index in [4.69, 9.17) is 15.3 Å². The fourth-order valence-electron chi connectivity index (χ4n) is 2.51. The van der Waals surface area contributed by atoms with E-state index in [0.717, 1.165) is 31.0 Å². The van der Waals surface area contributed by atoms with Crippen LogP contribution in [0.3, 0.4) is 0 Å². The molecule has 5 nitrogen and oxygen atoms in total. The van der Waals surface area contributed by atoms with Gasteiger partial charge in [-0.15, -0.1) is 0 Å². The Morgan fingerprint density at radius 1 is 1.40 bits per heavy atom. The van der Waals surface area contributed by atoms with E-state index in [1.807, 2.05) is 38.1 Å². The third-order valence-electron chi connectivity index (χ3n) is 3.46. The molecule has 1 fully saturated rings. The van der Waals surface area contributed by atoms with Crippen molar-refractivity contribution in [2.45, 2.75) is 32.1 Å². The standard InChI is InChI=1S/C15H25N3O2/c1-11(2)20-13-7-5-4-6-12(13)15(17-16)14-10-18(3)8-9-19-14/h4-7,11,14-15,17H,8-10,16H2,1-3H3. The molecule has 0 amide bonds. The lowest BCUT2D eigenvalue weighted by atomic mass is 9.99. The van der Waals surface area contributed by atoms with Crippen molar-refractivity contribution in [3.05, 3.63) is 29.8 Å². The van der Waals surface area contributed by atoms with Crippen molar-refractivity contribution in [2.75, 3.05) is 26.7 Å². The van der Waals surface area contributed by atoms with Crippen molar-refractivity contribution in [1.82, 2.24) is 10.3 Å². The molecule has 0 aromatic heterocycles. The van der Waals surface area contributed by atoms with Crippen LogP contribution in [0.1, 0.15) is 25.5 Å². The summed E-state index contributed by atoms with van der Waals surface area (Å²) in [5.74, 6) is 6.64. The smallest absolute Gasteiger partial charge is 0.124 e. The number of rotatable bonds is 5. The summed E-state index contributed by atoms with van der Waals surface area (Å²) in [4.78, 5) is 2.25. The maximum atomic E-state index is 5.88. The number of nitrogens with two attached hydrogens (primary N) is 1. The van der Waals surface area contributed by atoms with Gasteiger partial charge in [-0.3, -0.25) is 11.3 Å². The van der Waals surface area contributed by atoms with Crippen molar-refractivity contribution in [2.24, 2.45) is 5.84 Å². The summed E-state index contributed by atoms with van der Waals surface area (Å²) in [5, 5.41) is 0. The zero-order valence-electron chi connectivity index (χ0n) is 12.5. The molecule has 0 aliphatic carbocycles. The molecule has 3 N–H and O–H groups in total. The zero-order valence-corrected chi connectivity index (χ0v) is 12.5. The second-order valence-corrected chi connectivity index (χ2v) is 5.52. The average molecular weight is 279 g/mol. The molecular weight excluding hydrogens is 254 g/mol. The number of likely N-dealkylation sites (N-methyl/N-ethyl adjacent to an activating group) is 1. The van der Waals surface area contributed by atoms with Crippen LogP contribution < -0.4 is 16.0 Å². The number of benzene rings is 1. The Kier molecular flexibility index (Phi) is 5.37. The highest BCUT2D eigenvalue weighted by Gasteiger charge is 2.29. The molecule has 0 spiro atoms. The SMILES string of the molecule is CC(C)Oc1ccccc1C(NN)C1CN(C)CCO1. The second-order valence-electron chi connectivity index (χ2n) is 5.52. The molecule has 0 radical (unpaired) electrons. The monoisotopic (exact) mass is 279 g/mol. The first-order valence-electron chi connectivity index (χ1n) is 7.13. The molecule has 112 valence electrons. The lowest BCUT2D eigenvalue weighted by molar-refractivity contribution is -0.0398. The number of ether oxygens (including phenoxy) is 2. The summed E-state index contributed by atoms with van der Waals surface area (Å²) in [6.45, 7) is 6.58. The largest absolute Gasteiger partial charge is 0.491 e. The number of hydrazine groups is 1. The minimum absolute atomic E-state index is 0.0238. The second kappa shape index (κ2) is 7.04. The van der Waals surface area contributed by atoms with Crippen molar-refractivity contribution in [1.29, 1.82) is 0 Å². The van der Waals surface area contributed by atoms with E-state index in [2.05, 4.69) is 17.4 Å². The summed E-state index contributed by atoms with van der Waals surface area (Å²) >= 11 is 0. The van der Waals surface area contributed by atoms with E-state index in [1.165, 1.54) is 0 Å². The quantitative estimate of drug-likeness (QED) is 0.628. The Labute approximate surface area is 121 Å². The molecule has 1 aromatic carbocycles. The zero-order chi connectivity index (χ0) is 14.5. The van der Waals surface area contributed by atoms with Crippen LogP contribution in [0, 0.1) is 0 Å². The van der Waals surface area contributed by atoms with Crippen molar-refractivity contribution in [3.63, 3.8) is 0 Å². The topological polar surface area (TPSA) is 59.8 Å². The molecule has 0 saturated carbocycles. The fourth-order valence-corrected chi connectivity index (χ4v) is 2.51. The van der Waals surface area contributed by atoms with Gasteiger partial charge in [0.1, 0.15) is 5.75 Å². The minimum atomic E-state index is -0.0762. The molecule has 1 aromatic rings. The molecule has 1 aliphatic heterocycles. The van der Waals surface area contributed by atoms with Crippen LogP contribution in [-0.2, 0) is 4.74 Å². The first kappa shape index (κ1) is 15.3. The molecule has 2 rings (SSSR count). The number of hydrogen-bond acceptors (Lipinski definition) is 5. The van der Waals surface area contributed by atoms with Crippen molar-refractivity contribution in [3.8, 4) is 5.75 Å². The Bertz CT molecular complexity index is 425. The predicted octanol–water partition coefficient (Wildman–Crippen LogP) is 1.31.